The Morgan fingerprint density at radius 3 is 2.74 bits per heavy atom. The van der Waals surface area contributed by atoms with Gasteiger partial charge in [-0.2, -0.15) is 0 Å². The van der Waals surface area contributed by atoms with Crippen molar-refractivity contribution >= 4 is 27.5 Å². The lowest BCUT2D eigenvalue weighted by molar-refractivity contribution is 0.250. The smallest absolute Gasteiger partial charge is 0.0544 e. The monoisotopic (exact) mass is 338 g/mol. The molecule has 0 bridgehead atoms. The zero-order valence-corrected chi connectivity index (χ0v) is 13.3. The highest BCUT2D eigenvalue weighted by atomic mass is 79.9. The Morgan fingerprint density at radius 2 is 2.11 bits per heavy atom. The van der Waals surface area contributed by atoms with Crippen LogP contribution in [-0.4, -0.2) is 16.9 Å². The normalized spacial score (nSPS) is 12.7. The van der Waals surface area contributed by atoms with E-state index in [4.69, 9.17) is 11.6 Å². The highest BCUT2D eigenvalue weighted by molar-refractivity contribution is 9.10. The lowest BCUT2D eigenvalue weighted by Gasteiger charge is -2.24. The van der Waals surface area contributed by atoms with Gasteiger partial charge in [0.1, 0.15) is 0 Å². The molecule has 100 valence electrons. The summed E-state index contributed by atoms with van der Waals surface area (Å²) in [6.07, 6.45) is 1.83. The fourth-order valence-electron chi connectivity index (χ4n) is 1.91. The highest BCUT2D eigenvalue weighted by Crippen LogP contribution is 2.23. The van der Waals surface area contributed by atoms with Crippen LogP contribution in [0.3, 0.4) is 0 Å². The average molecular weight is 340 g/mol. The van der Waals surface area contributed by atoms with Crippen molar-refractivity contribution in [1.29, 1.82) is 0 Å². The average Bonchev–Trinajstić information content (AvgIpc) is 2.40. The number of aromatic nitrogens is 1. The number of hydrogen-bond acceptors (Lipinski definition) is 2. The molecule has 0 saturated heterocycles. The molecule has 0 amide bonds. The predicted octanol–water partition coefficient (Wildman–Crippen LogP) is 4.69. The fraction of sp³-hybridized carbons (Fsp3) is 0.267. The second-order valence-electron chi connectivity index (χ2n) is 4.61. The van der Waals surface area contributed by atoms with Crippen LogP contribution < -0.4 is 0 Å². The van der Waals surface area contributed by atoms with Gasteiger partial charge in [-0.1, -0.05) is 23.7 Å². The quantitative estimate of drug-likeness (QED) is 0.803. The highest BCUT2D eigenvalue weighted by Gasteiger charge is 2.12. The lowest BCUT2D eigenvalue weighted by atomic mass is 10.1. The molecule has 4 heteroatoms. The lowest BCUT2D eigenvalue weighted by Crippen LogP contribution is -2.22. The molecule has 1 unspecified atom stereocenters. The third-order valence-electron chi connectivity index (χ3n) is 3.19. The van der Waals surface area contributed by atoms with Crippen molar-refractivity contribution in [3.63, 3.8) is 0 Å². The summed E-state index contributed by atoms with van der Waals surface area (Å²) in [6, 6.07) is 12.3. The molecule has 19 heavy (non-hydrogen) atoms. The number of rotatable bonds is 4. The Kier molecular flexibility index (Phi) is 4.97. The van der Waals surface area contributed by atoms with E-state index in [9.17, 15) is 0 Å². The van der Waals surface area contributed by atoms with Crippen molar-refractivity contribution in [3.05, 3.63) is 63.3 Å². The maximum atomic E-state index is 6.04. The van der Waals surface area contributed by atoms with E-state index in [1.54, 1.807) is 0 Å². The summed E-state index contributed by atoms with van der Waals surface area (Å²) < 4.78 is 1.00. The van der Waals surface area contributed by atoms with Crippen LogP contribution in [0.1, 0.15) is 24.2 Å². The second kappa shape index (κ2) is 6.51. The van der Waals surface area contributed by atoms with E-state index in [-0.39, 0.29) is 0 Å². The van der Waals surface area contributed by atoms with Crippen molar-refractivity contribution in [2.45, 2.75) is 19.5 Å². The zero-order valence-electron chi connectivity index (χ0n) is 11.0. The summed E-state index contributed by atoms with van der Waals surface area (Å²) in [6.45, 7) is 2.98. The van der Waals surface area contributed by atoms with E-state index < -0.39 is 0 Å². The van der Waals surface area contributed by atoms with Gasteiger partial charge in [-0.15, -0.1) is 0 Å². The molecular weight excluding hydrogens is 324 g/mol. The third kappa shape index (κ3) is 4.03. The molecule has 0 radical (unpaired) electrons. The number of hydrogen-bond donors (Lipinski definition) is 0. The van der Waals surface area contributed by atoms with Gasteiger partial charge in [0.05, 0.1) is 5.69 Å². The fourth-order valence-corrected chi connectivity index (χ4v) is 2.35. The van der Waals surface area contributed by atoms with Gasteiger partial charge in [0.25, 0.3) is 0 Å². The number of halogens is 2. The van der Waals surface area contributed by atoms with Crippen LogP contribution in [0, 0.1) is 0 Å². The summed E-state index contributed by atoms with van der Waals surface area (Å²) in [5, 5.41) is 0.777. The van der Waals surface area contributed by atoms with Crippen LogP contribution in [0.15, 0.2) is 47.1 Å². The van der Waals surface area contributed by atoms with E-state index in [1.165, 1.54) is 5.56 Å². The summed E-state index contributed by atoms with van der Waals surface area (Å²) in [5.41, 5.74) is 2.27. The second-order valence-corrected chi connectivity index (χ2v) is 5.97. The first-order valence-corrected chi connectivity index (χ1v) is 7.29. The van der Waals surface area contributed by atoms with Gasteiger partial charge >= 0.3 is 0 Å². The summed E-state index contributed by atoms with van der Waals surface area (Å²) in [7, 11) is 2.09. The summed E-state index contributed by atoms with van der Waals surface area (Å²) in [4.78, 5) is 6.65. The predicted molar refractivity (Wildman–Crippen MR) is 83.3 cm³/mol. The molecule has 0 aliphatic heterocycles. The molecule has 1 aromatic carbocycles. The minimum absolute atomic E-state index is 0.296. The van der Waals surface area contributed by atoms with Crippen LogP contribution in [-0.2, 0) is 6.54 Å². The first-order chi connectivity index (χ1) is 9.06. The van der Waals surface area contributed by atoms with E-state index >= 15 is 0 Å². The number of nitrogens with zero attached hydrogens (tertiary/aromatic N) is 2. The van der Waals surface area contributed by atoms with E-state index in [0.29, 0.717) is 6.04 Å². The minimum Gasteiger partial charge on any atom is -0.294 e. The van der Waals surface area contributed by atoms with Gasteiger partial charge in [0.2, 0.25) is 0 Å². The molecule has 0 fully saturated rings. The SMILES string of the molecule is CC(c1cccc(Cl)c1)N(C)Cc1ccc(Br)cn1. The minimum atomic E-state index is 0.296. The molecule has 1 heterocycles. The Labute approximate surface area is 127 Å². The molecule has 0 N–H and O–H groups in total. The van der Waals surface area contributed by atoms with Crippen LogP contribution in [0.5, 0.6) is 0 Å². The van der Waals surface area contributed by atoms with Crippen LogP contribution in [0.4, 0.5) is 0 Å². The molecule has 2 rings (SSSR count). The molecule has 0 spiro atoms. The molecular formula is C15H16BrClN2. The van der Waals surface area contributed by atoms with E-state index in [2.05, 4.69) is 45.9 Å². The van der Waals surface area contributed by atoms with Gasteiger partial charge in [-0.25, -0.2) is 0 Å². The standard InChI is InChI=1S/C15H16BrClN2/c1-11(12-4-3-5-14(17)8-12)19(2)10-15-7-6-13(16)9-18-15/h3-9,11H,10H2,1-2H3. The van der Waals surface area contributed by atoms with Gasteiger partial charge in [-0.05, 0) is 59.7 Å². The molecule has 0 saturated carbocycles. The molecule has 1 aromatic heterocycles. The molecule has 0 aliphatic rings. The Morgan fingerprint density at radius 1 is 1.32 bits per heavy atom. The first kappa shape index (κ1) is 14.5. The maximum Gasteiger partial charge on any atom is 0.0544 e. The Bertz CT molecular complexity index is 542. The van der Waals surface area contributed by atoms with Crippen molar-refractivity contribution in [2.24, 2.45) is 0 Å². The van der Waals surface area contributed by atoms with Crippen LogP contribution in [0.2, 0.25) is 5.02 Å². The summed E-state index contributed by atoms with van der Waals surface area (Å²) >= 11 is 9.43. The van der Waals surface area contributed by atoms with Gasteiger partial charge in [0.15, 0.2) is 0 Å². The Balaban J connectivity index is 2.07. The van der Waals surface area contributed by atoms with Gasteiger partial charge < -0.3 is 0 Å². The van der Waals surface area contributed by atoms with Crippen LogP contribution >= 0.6 is 27.5 Å². The number of benzene rings is 1. The van der Waals surface area contributed by atoms with Crippen molar-refractivity contribution in [1.82, 2.24) is 9.88 Å². The van der Waals surface area contributed by atoms with Gasteiger partial charge in [-0.3, -0.25) is 9.88 Å². The Hall–Kier alpha value is -0.900. The zero-order chi connectivity index (χ0) is 13.8. The molecule has 2 aromatic rings. The van der Waals surface area contributed by atoms with Gasteiger partial charge in [0, 0.05) is 28.3 Å². The van der Waals surface area contributed by atoms with E-state index in [1.807, 2.05) is 36.5 Å². The molecule has 0 aliphatic carbocycles. The van der Waals surface area contributed by atoms with E-state index in [0.717, 1.165) is 21.7 Å². The summed E-state index contributed by atoms with van der Waals surface area (Å²) in [5.74, 6) is 0. The van der Waals surface area contributed by atoms with Crippen LogP contribution in [0.25, 0.3) is 0 Å². The maximum absolute atomic E-state index is 6.04. The largest absolute Gasteiger partial charge is 0.294 e. The van der Waals surface area contributed by atoms with Crippen molar-refractivity contribution < 1.29 is 0 Å². The number of pyridine rings is 1. The molecule has 1 atom stereocenters. The topological polar surface area (TPSA) is 16.1 Å². The van der Waals surface area contributed by atoms with Crippen molar-refractivity contribution in [2.75, 3.05) is 7.05 Å². The van der Waals surface area contributed by atoms with Crippen molar-refractivity contribution in [3.8, 4) is 0 Å². The third-order valence-corrected chi connectivity index (χ3v) is 3.90. The molecule has 2 nitrogen and oxygen atoms in total. The first-order valence-electron chi connectivity index (χ1n) is 6.12.